The summed E-state index contributed by atoms with van der Waals surface area (Å²) < 4.78 is 0. The van der Waals surface area contributed by atoms with Crippen LogP contribution in [0.3, 0.4) is 0 Å². The Morgan fingerprint density at radius 1 is 1.06 bits per heavy atom. The van der Waals surface area contributed by atoms with Gasteiger partial charge < -0.3 is 32.1 Å². The third-order valence-electron chi connectivity index (χ3n) is 5.15. The minimum absolute atomic E-state index is 0.187. The number of nitrogens with one attached hydrogen (secondary N) is 2. The van der Waals surface area contributed by atoms with Crippen LogP contribution < -0.4 is 22.1 Å². The molecule has 7 N–H and O–H groups in total. The lowest BCUT2D eigenvalue weighted by molar-refractivity contribution is -0.149. The van der Waals surface area contributed by atoms with Crippen LogP contribution in [0.25, 0.3) is 0 Å². The molecule has 1 aliphatic rings. The SMILES string of the molecule is CC(C)CC(N)C(=O)NC(C(=O)NC(CC(N)=O)C(=O)N1CCCC1C(=O)O)C(C)C. The number of nitrogens with two attached hydrogens (primary N) is 2. The summed E-state index contributed by atoms with van der Waals surface area (Å²) in [5, 5.41) is 14.4. The van der Waals surface area contributed by atoms with E-state index in [0.29, 0.717) is 12.8 Å². The Morgan fingerprint density at radius 3 is 2.16 bits per heavy atom. The number of carboxylic acids is 1. The molecule has 0 saturated carbocycles. The van der Waals surface area contributed by atoms with Gasteiger partial charge in [0, 0.05) is 6.54 Å². The van der Waals surface area contributed by atoms with Crippen molar-refractivity contribution in [3.8, 4) is 0 Å². The highest BCUT2D eigenvalue weighted by Gasteiger charge is 2.39. The molecule has 4 amide bonds. The lowest BCUT2D eigenvalue weighted by atomic mass is 10.00. The van der Waals surface area contributed by atoms with Crippen LogP contribution in [0.5, 0.6) is 0 Å². The van der Waals surface area contributed by atoms with Gasteiger partial charge in [-0.15, -0.1) is 0 Å². The lowest BCUT2D eigenvalue weighted by Gasteiger charge is -2.29. The number of carboxylic acid groups (broad SMARTS) is 1. The second-order valence-corrected chi connectivity index (χ2v) is 8.73. The van der Waals surface area contributed by atoms with Gasteiger partial charge in [-0.05, 0) is 31.1 Å². The first-order valence-corrected chi connectivity index (χ1v) is 10.5. The third kappa shape index (κ3) is 7.82. The third-order valence-corrected chi connectivity index (χ3v) is 5.15. The average Bonchev–Trinajstić information content (AvgIpc) is 3.13. The van der Waals surface area contributed by atoms with Gasteiger partial charge in [0.05, 0.1) is 12.5 Å². The molecule has 0 aromatic heterocycles. The summed E-state index contributed by atoms with van der Waals surface area (Å²) in [5.41, 5.74) is 11.1. The van der Waals surface area contributed by atoms with Crippen LogP contribution in [0.2, 0.25) is 0 Å². The van der Waals surface area contributed by atoms with E-state index in [1.807, 2.05) is 13.8 Å². The highest BCUT2D eigenvalue weighted by molar-refractivity contribution is 5.96. The van der Waals surface area contributed by atoms with Crippen LogP contribution in [0.1, 0.15) is 53.4 Å². The highest BCUT2D eigenvalue weighted by atomic mass is 16.4. The van der Waals surface area contributed by atoms with Gasteiger partial charge in [0.25, 0.3) is 0 Å². The number of aliphatic carboxylic acids is 1. The summed E-state index contributed by atoms with van der Waals surface area (Å²) in [6, 6.07) is -4.14. The van der Waals surface area contributed by atoms with E-state index in [1.165, 1.54) is 0 Å². The predicted octanol–water partition coefficient (Wildman–Crippen LogP) is -1.06. The molecule has 1 fully saturated rings. The van der Waals surface area contributed by atoms with Crippen LogP contribution in [-0.2, 0) is 24.0 Å². The van der Waals surface area contributed by atoms with E-state index < -0.39 is 60.2 Å². The molecule has 0 radical (unpaired) electrons. The molecule has 0 bridgehead atoms. The Kier molecular flexibility index (Phi) is 9.89. The Bertz CT molecular complexity index is 696. The Balaban J connectivity index is 2.96. The quantitative estimate of drug-likeness (QED) is 0.270. The molecule has 11 heteroatoms. The second kappa shape index (κ2) is 11.6. The predicted molar refractivity (Wildman–Crippen MR) is 112 cm³/mol. The van der Waals surface area contributed by atoms with Crippen molar-refractivity contribution in [2.75, 3.05) is 6.54 Å². The first kappa shape index (κ1) is 26.3. The molecular weight excluding hydrogens is 406 g/mol. The zero-order valence-corrected chi connectivity index (χ0v) is 18.6. The van der Waals surface area contributed by atoms with E-state index in [-0.39, 0.29) is 24.8 Å². The first-order valence-electron chi connectivity index (χ1n) is 10.5. The number of likely N-dealkylation sites (tertiary alicyclic amines) is 1. The number of nitrogens with zero attached hydrogens (tertiary/aromatic N) is 1. The van der Waals surface area contributed by atoms with Gasteiger partial charge in [-0.25, -0.2) is 4.79 Å². The smallest absolute Gasteiger partial charge is 0.326 e. The number of carbonyl (C=O) groups is 5. The molecule has 4 unspecified atom stereocenters. The average molecular weight is 442 g/mol. The molecule has 1 rings (SSSR count). The maximum Gasteiger partial charge on any atom is 0.326 e. The molecule has 0 aromatic carbocycles. The Morgan fingerprint density at radius 2 is 1.68 bits per heavy atom. The number of carbonyl (C=O) groups excluding carboxylic acids is 4. The molecule has 1 saturated heterocycles. The van der Waals surface area contributed by atoms with E-state index in [9.17, 15) is 29.1 Å². The monoisotopic (exact) mass is 441 g/mol. The second-order valence-electron chi connectivity index (χ2n) is 8.73. The summed E-state index contributed by atoms with van der Waals surface area (Å²) >= 11 is 0. The van der Waals surface area contributed by atoms with Gasteiger partial charge in [-0.2, -0.15) is 0 Å². The number of primary amides is 1. The van der Waals surface area contributed by atoms with Crippen LogP contribution in [0.4, 0.5) is 0 Å². The zero-order chi connectivity index (χ0) is 23.9. The van der Waals surface area contributed by atoms with E-state index in [0.717, 1.165) is 4.90 Å². The summed E-state index contributed by atoms with van der Waals surface area (Å²) in [6.45, 7) is 7.47. The van der Waals surface area contributed by atoms with Gasteiger partial charge >= 0.3 is 5.97 Å². The zero-order valence-electron chi connectivity index (χ0n) is 18.6. The fraction of sp³-hybridized carbons (Fsp3) is 0.750. The molecule has 31 heavy (non-hydrogen) atoms. The minimum Gasteiger partial charge on any atom is -0.480 e. The maximum absolute atomic E-state index is 12.9. The standard InChI is InChI=1S/C20H35N5O6/c1-10(2)8-12(21)17(27)24-16(11(3)4)18(28)23-13(9-15(22)26)19(29)25-7-5-6-14(25)20(30)31/h10-14,16H,5-9,21H2,1-4H3,(H2,22,26)(H,23,28)(H,24,27)(H,30,31). The van der Waals surface area contributed by atoms with Crippen molar-refractivity contribution in [3.05, 3.63) is 0 Å². The fourth-order valence-corrected chi connectivity index (χ4v) is 3.56. The van der Waals surface area contributed by atoms with Crippen molar-refractivity contribution in [2.45, 2.75) is 77.5 Å². The molecule has 4 atom stereocenters. The molecule has 176 valence electrons. The molecule has 11 nitrogen and oxygen atoms in total. The Labute approximate surface area is 182 Å². The molecule has 1 heterocycles. The van der Waals surface area contributed by atoms with Crippen molar-refractivity contribution >= 4 is 29.6 Å². The molecule has 0 spiro atoms. The normalized spacial score (nSPS) is 19.1. The van der Waals surface area contributed by atoms with Crippen LogP contribution in [-0.4, -0.2) is 70.3 Å². The molecule has 0 aliphatic carbocycles. The Hall–Kier alpha value is -2.69. The topological polar surface area (TPSA) is 185 Å². The van der Waals surface area contributed by atoms with E-state index in [4.69, 9.17) is 11.5 Å². The van der Waals surface area contributed by atoms with Crippen LogP contribution >= 0.6 is 0 Å². The van der Waals surface area contributed by atoms with Crippen molar-refractivity contribution < 1.29 is 29.1 Å². The summed E-state index contributed by atoms with van der Waals surface area (Å²) in [6.07, 6.45) is 0.737. The number of amides is 4. The largest absolute Gasteiger partial charge is 0.480 e. The molecule has 0 aromatic rings. The van der Waals surface area contributed by atoms with E-state index >= 15 is 0 Å². The number of rotatable bonds is 11. The fourth-order valence-electron chi connectivity index (χ4n) is 3.56. The van der Waals surface area contributed by atoms with Gasteiger partial charge in [0.15, 0.2) is 0 Å². The van der Waals surface area contributed by atoms with Gasteiger partial charge in [-0.3, -0.25) is 19.2 Å². The lowest BCUT2D eigenvalue weighted by Crippen LogP contribution is -2.59. The first-order chi connectivity index (χ1) is 14.3. The van der Waals surface area contributed by atoms with E-state index in [2.05, 4.69) is 10.6 Å². The number of hydrogen-bond acceptors (Lipinski definition) is 6. The summed E-state index contributed by atoms with van der Waals surface area (Å²) in [4.78, 5) is 62.2. The van der Waals surface area contributed by atoms with Crippen LogP contribution in [0.15, 0.2) is 0 Å². The van der Waals surface area contributed by atoms with Gasteiger partial charge in [0.1, 0.15) is 18.1 Å². The highest BCUT2D eigenvalue weighted by Crippen LogP contribution is 2.19. The van der Waals surface area contributed by atoms with Crippen molar-refractivity contribution in [1.82, 2.24) is 15.5 Å². The minimum atomic E-state index is -1.33. The van der Waals surface area contributed by atoms with Crippen LogP contribution in [0, 0.1) is 11.8 Å². The van der Waals surface area contributed by atoms with Crippen molar-refractivity contribution in [1.29, 1.82) is 0 Å². The molecular formula is C20H35N5O6. The summed E-state index contributed by atoms with van der Waals surface area (Å²) in [7, 11) is 0. The van der Waals surface area contributed by atoms with Gasteiger partial charge in [-0.1, -0.05) is 27.7 Å². The van der Waals surface area contributed by atoms with Gasteiger partial charge in [0.2, 0.25) is 23.6 Å². The van der Waals surface area contributed by atoms with Crippen molar-refractivity contribution in [3.63, 3.8) is 0 Å². The number of hydrogen-bond donors (Lipinski definition) is 5. The maximum atomic E-state index is 12.9. The molecule has 1 aliphatic heterocycles. The van der Waals surface area contributed by atoms with Crippen molar-refractivity contribution in [2.24, 2.45) is 23.3 Å². The summed E-state index contributed by atoms with van der Waals surface area (Å²) in [5.74, 6) is -3.99. The van der Waals surface area contributed by atoms with E-state index in [1.54, 1.807) is 13.8 Å².